The third-order valence-electron chi connectivity index (χ3n) is 3.41. The predicted molar refractivity (Wildman–Crippen MR) is 71.4 cm³/mol. The van der Waals surface area contributed by atoms with Crippen molar-refractivity contribution in [3.8, 4) is 0 Å². The Morgan fingerprint density at radius 2 is 2.06 bits per heavy atom. The van der Waals surface area contributed by atoms with Crippen molar-refractivity contribution < 1.29 is 4.79 Å². The van der Waals surface area contributed by atoms with E-state index in [4.69, 9.17) is 5.73 Å². The third-order valence-corrected chi connectivity index (χ3v) is 3.41. The van der Waals surface area contributed by atoms with Gasteiger partial charge in [-0.05, 0) is 31.0 Å². The monoisotopic (exact) mass is 248 g/mol. The van der Waals surface area contributed by atoms with Crippen LogP contribution in [0, 0.1) is 6.92 Å². The molecule has 18 heavy (non-hydrogen) atoms. The first-order chi connectivity index (χ1) is 8.61. The number of carbonyl (C=O) groups excluding carboxylic acids is 1. The second-order valence-electron chi connectivity index (χ2n) is 4.82. The maximum absolute atomic E-state index is 10.7. The summed E-state index contributed by atoms with van der Waals surface area (Å²) in [5.74, 6) is 0.974. The Labute approximate surface area is 108 Å². The van der Waals surface area contributed by atoms with Crippen molar-refractivity contribution in [1.82, 2.24) is 9.88 Å². The van der Waals surface area contributed by atoms with Gasteiger partial charge in [-0.3, -0.25) is 4.79 Å². The van der Waals surface area contributed by atoms with Gasteiger partial charge in [-0.25, -0.2) is 4.98 Å². The van der Waals surface area contributed by atoms with Gasteiger partial charge in [-0.1, -0.05) is 0 Å². The topological polar surface area (TPSA) is 62.5 Å². The average Bonchev–Trinajstić information content (AvgIpc) is 2.38. The fourth-order valence-corrected chi connectivity index (χ4v) is 2.26. The van der Waals surface area contributed by atoms with Gasteiger partial charge in [0.1, 0.15) is 5.82 Å². The van der Waals surface area contributed by atoms with E-state index in [0.717, 1.165) is 44.0 Å². The Hall–Kier alpha value is -1.62. The first kappa shape index (κ1) is 12.8. The summed E-state index contributed by atoms with van der Waals surface area (Å²) in [6.45, 7) is 7.22. The van der Waals surface area contributed by atoms with E-state index < -0.39 is 0 Å². The van der Waals surface area contributed by atoms with E-state index in [9.17, 15) is 4.79 Å². The van der Waals surface area contributed by atoms with Crippen LogP contribution >= 0.6 is 0 Å². The van der Waals surface area contributed by atoms with Crippen molar-refractivity contribution >= 4 is 12.2 Å². The van der Waals surface area contributed by atoms with Gasteiger partial charge in [0, 0.05) is 38.4 Å². The standard InChI is InChI=1S/C13H20N4O/c1-10-7-13(15-8-12(10)11(2)14)17-5-3-16(9-18)4-6-17/h7-9,11H,3-6,14H2,1-2H3. The number of nitrogens with two attached hydrogens (primary N) is 1. The molecule has 1 aromatic rings. The molecule has 1 aliphatic rings. The Balaban J connectivity index is 2.10. The first-order valence-electron chi connectivity index (χ1n) is 6.28. The van der Waals surface area contributed by atoms with Crippen LogP contribution in [-0.2, 0) is 4.79 Å². The number of aromatic nitrogens is 1. The van der Waals surface area contributed by atoms with Gasteiger partial charge in [0.05, 0.1) is 0 Å². The molecule has 0 aliphatic carbocycles. The number of aryl methyl sites for hydroxylation is 1. The minimum atomic E-state index is 0.0125. The molecule has 0 aromatic carbocycles. The number of hydrogen-bond acceptors (Lipinski definition) is 4. The molecule has 2 heterocycles. The summed E-state index contributed by atoms with van der Waals surface area (Å²) in [5, 5.41) is 0. The average molecular weight is 248 g/mol. The van der Waals surface area contributed by atoms with Crippen molar-refractivity contribution in [2.45, 2.75) is 19.9 Å². The number of piperazine rings is 1. The van der Waals surface area contributed by atoms with Gasteiger partial charge >= 0.3 is 0 Å². The Morgan fingerprint density at radius 1 is 1.39 bits per heavy atom. The molecule has 0 radical (unpaired) electrons. The van der Waals surface area contributed by atoms with Crippen LogP contribution in [0.25, 0.3) is 0 Å². The Morgan fingerprint density at radius 3 is 2.56 bits per heavy atom. The maximum atomic E-state index is 10.7. The molecule has 1 unspecified atom stereocenters. The van der Waals surface area contributed by atoms with Gasteiger partial charge in [0.2, 0.25) is 6.41 Å². The molecule has 1 aliphatic heterocycles. The second kappa shape index (κ2) is 5.35. The van der Waals surface area contributed by atoms with Crippen molar-refractivity contribution in [1.29, 1.82) is 0 Å². The third kappa shape index (κ3) is 2.61. The van der Waals surface area contributed by atoms with Crippen molar-refractivity contribution in [2.24, 2.45) is 5.73 Å². The highest BCUT2D eigenvalue weighted by molar-refractivity contribution is 5.50. The summed E-state index contributed by atoms with van der Waals surface area (Å²) in [4.78, 5) is 19.1. The van der Waals surface area contributed by atoms with Crippen LogP contribution in [0.15, 0.2) is 12.3 Å². The van der Waals surface area contributed by atoms with Crippen molar-refractivity contribution in [2.75, 3.05) is 31.1 Å². The summed E-state index contributed by atoms with van der Waals surface area (Å²) >= 11 is 0. The summed E-state index contributed by atoms with van der Waals surface area (Å²) in [6.07, 6.45) is 2.77. The van der Waals surface area contributed by atoms with Gasteiger partial charge in [-0.15, -0.1) is 0 Å². The lowest BCUT2D eigenvalue weighted by atomic mass is 10.1. The highest BCUT2D eigenvalue weighted by atomic mass is 16.1. The molecule has 1 saturated heterocycles. The maximum Gasteiger partial charge on any atom is 0.209 e. The molecule has 1 fully saturated rings. The highest BCUT2D eigenvalue weighted by Gasteiger charge is 2.17. The number of hydrogen-bond donors (Lipinski definition) is 1. The van der Waals surface area contributed by atoms with Gasteiger partial charge in [0.15, 0.2) is 0 Å². The van der Waals surface area contributed by atoms with Crippen LogP contribution in [0.4, 0.5) is 5.82 Å². The zero-order chi connectivity index (χ0) is 13.1. The minimum absolute atomic E-state index is 0.0125. The van der Waals surface area contributed by atoms with E-state index >= 15 is 0 Å². The SMILES string of the molecule is Cc1cc(N2CCN(C=O)CC2)ncc1C(C)N. The predicted octanol–water partition coefficient (Wildman–Crippen LogP) is 0.688. The number of carbonyl (C=O) groups is 1. The number of anilines is 1. The minimum Gasteiger partial charge on any atom is -0.353 e. The first-order valence-corrected chi connectivity index (χ1v) is 6.28. The summed E-state index contributed by atoms with van der Waals surface area (Å²) in [7, 11) is 0. The normalized spacial score (nSPS) is 17.7. The quantitative estimate of drug-likeness (QED) is 0.799. The largest absolute Gasteiger partial charge is 0.353 e. The highest BCUT2D eigenvalue weighted by Crippen LogP contribution is 2.20. The van der Waals surface area contributed by atoms with E-state index in [1.807, 2.05) is 13.1 Å². The fourth-order valence-electron chi connectivity index (χ4n) is 2.26. The van der Waals surface area contributed by atoms with Crippen LogP contribution in [0.3, 0.4) is 0 Å². The molecule has 5 heteroatoms. The van der Waals surface area contributed by atoms with Crippen LogP contribution in [0.1, 0.15) is 24.1 Å². The van der Waals surface area contributed by atoms with Crippen LogP contribution in [0.5, 0.6) is 0 Å². The van der Waals surface area contributed by atoms with Crippen LogP contribution in [0.2, 0.25) is 0 Å². The van der Waals surface area contributed by atoms with Crippen molar-refractivity contribution in [3.63, 3.8) is 0 Å². The Kier molecular flexibility index (Phi) is 3.81. The lowest BCUT2D eigenvalue weighted by Gasteiger charge is -2.33. The molecule has 2 N–H and O–H groups in total. The van der Waals surface area contributed by atoms with Gasteiger partial charge in [0.25, 0.3) is 0 Å². The molecule has 1 amide bonds. The van der Waals surface area contributed by atoms with E-state index in [2.05, 4.69) is 22.9 Å². The van der Waals surface area contributed by atoms with Gasteiger partial charge < -0.3 is 15.5 Å². The van der Waals surface area contributed by atoms with E-state index in [1.165, 1.54) is 5.56 Å². The number of rotatable bonds is 3. The van der Waals surface area contributed by atoms with E-state index in [-0.39, 0.29) is 6.04 Å². The van der Waals surface area contributed by atoms with Crippen LogP contribution < -0.4 is 10.6 Å². The van der Waals surface area contributed by atoms with E-state index in [0.29, 0.717) is 0 Å². The lowest BCUT2D eigenvalue weighted by molar-refractivity contribution is -0.118. The molecule has 98 valence electrons. The molecule has 2 rings (SSSR count). The summed E-state index contributed by atoms with van der Waals surface area (Å²) in [6, 6.07) is 2.09. The number of pyridine rings is 1. The molecular weight excluding hydrogens is 228 g/mol. The molecule has 0 spiro atoms. The zero-order valence-electron chi connectivity index (χ0n) is 11.0. The molecule has 0 saturated carbocycles. The molecule has 1 aromatic heterocycles. The number of nitrogens with zero attached hydrogens (tertiary/aromatic N) is 3. The van der Waals surface area contributed by atoms with Crippen LogP contribution in [-0.4, -0.2) is 42.5 Å². The summed E-state index contributed by atoms with van der Waals surface area (Å²) in [5.41, 5.74) is 8.14. The smallest absolute Gasteiger partial charge is 0.209 e. The van der Waals surface area contributed by atoms with E-state index in [1.54, 1.807) is 4.90 Å². The van der Waals surface area contributed by atoms with Crippen molar-refractivity contribution in [3.05, 3.63) is 23.4 Å². The van der Waals surface area contributed by atoms with Gasteiger partial charge in [-0.2, -0.15) is 0 Å². The fraction of sp³-hybridized carbons (Fsp3) is 0.538. The molecule has 5 nitrogen and oxygen atoms in total. The Bertz CT molecular complexity index is 425. The second-order valence-corrected chi connectivity index (χ2v) is 4.82. The zero-order valence-corrected chi connectivity index (χ0v) is 11.0. The summed E-state index contributed by atoms with van der Waals surface area (Å²) < 4.78 is 0. The molecular formula is C13H20N4O. The number of amides is 1. The molecule has 1 atom stereocenters. The molecule has 0 bridgehead atoms. The lowest BCUT2D eigenvalue weighted by Crippen LogP contribution is -2.46.